The summed E-state index contributed by atoms with van der Waals surface area (Å²) in [6.45, 7) is 3.23. The van der Waals surface area contributed by atoms with E-state index in [1.165, 1.54) is 0 Å². The zero-order chi connectivity index (χ0) is 17.1. The quantitative estimate of drug-likeness (QED) is 0.787. The number of hydrogen-bond acceptors (Lipinski definition) is 4. The van der Waals surface area contributed by atoms with Gasteiger partial charge in [0.1, 0.15) is 0 Å². The Morgan fingerprint density at radius 3 is 2.88 bits per heavy atom. The minimum atomic E-state index is -0.0387. The molecule has 138 valence electrons. The molecule has 0 aliphatic carbocycles. The lowest BCUT2D eigenvalue weighted by molar-refractivity contribution is -0.135. The van der Waals surface area contributed by atoms with Crippen LogP contribution in [-0.4, -0.2) is 66.6 Å². The fourth-order valence-corrected chi connectivity index (χ4v) is 4.00. The standard InChI is InChI=1S/C17H22ClN3O2S.ClH/c1-24-13-4-5-15(18)14(9-13)17(23)20-7-2-3-12(11-20)21-8-6-19-10-16(21)22;/h4-5,9,12,19H,2-3,6-8,10-11H2,1H3;1H. The lowest BCUT2D eigenvalue weighted by Gasteiger charge is -2.41. The number of likely N-dealkylation sites (tertiary alicyclic amines) is 1. The van der Waals surface area contributed by atoms with Crippen molar-refractivity contribution in [1.82, 2.24) is 15.1 Å². The first-order chi connectivity index (χ1) is 11.6. The summed E-state index contributed by atoms with van der Waals surface area (Å²) in [5.74, 6) is 0.0890. The van der Waals surface area contributed by atoms with E-state index in [-0.39, 0.29) is 30.3 Å². The van der Waals surface area contributed by atoms with Crippen molar-refractivity contribution in [3.8, 4) is 0 Å². The summed E-state index contributed by atoms with van der Waals surface area (Å²) in [5, 5.41) is 3.58. The van der Waals surface area contributed by atoms with Crippen LogP contribution in [0.2, 0.25) is 5.02 Å². The summed E-state index contributed by atoms with van der Waals surface area (Å²) in [5.41, 5.74) is 0.552. The third-order valence-corrected chi connectivity index (χ3v) is 5.71. The lowest BCUT2D eigenvalue weighted by Crippen LogP contribution is -2.57. The number of piperidine rings is 1. The molecule has 25 heavy (non-hydrogen) atoms. The average Bonchev–Trinajstić information content (AvgIpc) is 2.62. The van der Waals surface area contributed by atoms with Crippen molar-refractivity contribution in [2.75, 3.05) is 39.0 Å². The van der Waals surface area contributed by atoms with Gasteiger partial charge in [0.2, 0.25) is 5.91 Å². The van der Waals surface area contributed by atoms with Crippen LogP contribution in [0.1, 0.15) is 23.2 Å². The number of carbonyl (C=O) groups excluding carboxylic acids is 2. The van der Waals surface area contributed by atoms with E-state index in [2.05, 4.69) is 5.32 Å². The fraction of sp³-hybridized carbons (Fsp3) is 0.529. The smallest absolute Gasteiger partial charge is 0.255 e. The van der Waals surface area contributed by atoms with Crippen molar-refractivity contribution in [3.05, 3.63) is 28.8 Å². The van der Waals surface area contributed by atoms with Crippen LogP contribution in [-0.2, 0) is 4.79 Å². The molecule has 1 N–H and O–H groups in total. The number of amides is 2. The highest BCUT2D eigenvalue weighted by Crippen LogP contribution is 2.26. The van der Waals surface area contributed by atoms with Crippen molar-refractivity contribution in [3.63, 3.8) is 0 Å². The van der Waals surface area contributed by atoms with Crippen molar-refractivity contribution < 1.29 is 9.59 Å². The van der Waals surface area contributed by atoms with Gasteiger partial charge in [0, 0.05) is 37.1 Å². The van der Waals surface area contributed by atoms with Gasteiger partial charge in [-0.2, -0.15) is 0 Å². The Kier molecular flexibility index (Phi) is 7.43. The number of rotatable bonds is 3. The molecular weight excluding hydrogens is 381 g/mol. The van der Waals surface area contributed by atoms with E-state index < -0.39 is 0 Å². The molecule has 2 saturated heterocycles. The van der Waals surface area contributed by atoms with Crippen molar-refractivity contribution in [1.29, 1.82) is 0 Å². The molecule has 2 fully saturated rings. The second-order valence-corrected chi connectivity index (χ2v) is 7.44. The summed E-state index contributed by atoms with van der Waals surface area (Å²) in [6, 6.07) is 5.67. The van der Waals surface area contributed by atoms with Crippen LogP contribution in [0.25, 0.3) is 0 Å². The lowest BCUT2D eigenvalue weighted by atomic mass is 10.0. The highest BCUT2D eigenvalue weighted by Gasteiger charge is 2.32. The second-order valence-electron chi connectivity index (χ2n) is 6.16. The largest absolute Gasteiger partial charge is 0.337 e. The molecule has 0 aromatic heterocycles. The van der Waals surface area contributed by atoms with Crippen molar-refractivity contribution in [2.45, 2.75) is 23.8 Å². The Hall–Kier alpha value is -0.950. The maximum absolute atomic E-state index is 12.9. The summed E-state index contributed by atoms with van der Waals surface area (Å²) in [6.07, 6.45) is 3.84. The first kappa shape index (κ1) is 20.4. The van der Waals surface area contributed by atoms with Crippen LogP contribution in [0, 0.1) is 0 Å². The molecule has 1 atom stereocenters. The van der Waals surface area contributed by atoms with Gasteiger partial charge in [-0.3, -0.25) is 9.59 Å². The van der Waals surface area contributed by atoms with Gasteiger partial charge >= 0.3 is 0 Å². The first-order valence-electron chi connectivity index (χ1n) is 8.23. The average molecular weight is 404 g/mol. The van der Waals surface area contributed by atoms with Gasteiger partial charge in [0.25, 0.3) is 5.91 Å². The molecule has 0 spiro atoms. The Labute approximate surface area is 163 Å². The number of halogens is 2. The van der Waals surface area contributed by atoms with E-state index in [0.717, 1.165) is 30.8 Å². The number of hydrogen-bond donors (Lipinski definition) is 1. The van der Waals surface area contributed by atoms with E-state index >= 15 is 0 Å². The molecule has 0 bridgehead atoms. The van der Waals surface area contributed by atoms with Gasteiger partial charge in [-0.25, -0.2) is 0 Å². The van der Waals surface area contributed by atoms with Gasteiger partial charge in [-0.1, -0.05) is 11.6 Å². The molecule has 0 saturated carbocycles. The highest BCUT2D eigenvalue weighted by atomic mass is 35.5. The van der Waals surface area contributed by atoms with Crippen LogP contribution in [0.3, 0.4) is 0 Å². The topological polar surface area (TPSA) is 52.7 Å². The highest BCUT2D eigenvalue weighted by molar-refractivity contribution is 7.98. The Balaban J connectivity index is 0.00000225. The van der Waals surface area contributed by atoms with E-state index in [1.807, 2.05) is 28.2 Å². The molecule has 1 aromatic carbocycles. The molecule has 0 radical (unpaired) electrons. The van der Waals surface area contributed by atoms with E-state index in [4.69, 9.17) is 11.6 Å². The van der Waals surface area contributed by atoms with E-state index in [9.17, 15) is 9.59 Å². The molecule has 8 heteroatoms. The van der Waals surface area contributed by atoms with Gasteiger partial charge in [-0.05, 0) is 37.3 Å². The zero-order valence-electron chi connectivity index (χ0n) is 14.2. The SMILES string of the molecule is CSc1ccc(Cl)c(C(=O)N2CCCC(N3CCNCC3=O)C2)c1.Cl. The van der Waals surface area contributed by atoms with Crippen LogP contribution in [0.15, 0.2) is 23.1 Å². The summed E-state index contributed by atoms with van der Waals surface area (Å²) < 4.78 is 0. The Morgan fingerprint density at radius 1 is 1.36 bits per heavy atom. The first-order valence-corrected chi connectivity index (χ1v) is 9.83. The number of benzene rings is 1. The molecule has 2 aliphatic rings. The third kappa shape index (κ3) is 4.61. The summed E-state index contributed by atoms with van der Waals surface area (Å²) in [4.78, 5) is 29.8. The number of piperazine rings is 1. The normalized spacial score (nSPS) is 21.0. The number of nitrogens with one attached hydrogen (secondary N) is 1. The Morgan fingerprint density at radius 2 is 2.16 bits per heavy atom. The molecular formula is C17H23Cl2N3O2S. The zero-order valence-corrected chi connectivity index (χ0v) is 16.6. The van der Waals surface area contributed by atoms with Crippen molar-refractivity contribution in [2.24, 2.45) is 0 Å². The maximum Gasteiger partial charge on any atom is 0.255 e. The molecule has 2 heterocycles. The minimum Gasteiger partial charge on any atom is -0.337 e. The predicted molar refractivity (Wildman–Crippen MR) is 104 cm³/mol. The van der Waals surface area contributed by atoms with Gasteiger partial charge in [0.15, 0.2) is 0 Å². The van der Waals surface area contributed by atoms with E-state index in [1.54, 1.807) is 17.8 Å². The number of thioether (sulfide) groups is 1. The number of nitrogens with zero attached hydrogens (tertiary/aromatic N) is 2. The van der Waals surface area contributed by atoms with Crippen LogP contribution >= 0.6 is 35.8 Å². The molecule has 5 nitrogen and oxygen atoms in total. The predicted octanol–water partition coefficient (Wildman–Crippen LogP) is 2.52. The van der Waals surface area contributed by atoms with Crippen LogP contribution in [0.4, 0.5) is 0 Å². The molecule has 2 aliphatic heterocycles. The van der Waals surface area contributed by atoms with Gasteiger partial charge in [-0.15, -0.1) is 24.2 Å². The van der Waals surface area contributed by atoms with Crippen LogP contribution in [0.5, 0.6) is 0 Å². The van der Waals surface area contributed by atoms with Crippen LogP contribution < -0.4 is 5.32 Å². The van der Waals surface area contributed by atoms with Gasteiger partial charge in [0.05, 0.1) is 17.1 Å². The fourth-order valence-electron chi connectivity index (χ4n) is 3.37. The second kappa shape index (κ2) is 9.12. The summed E-state index contributed by atoms with van der Waals surface area (Å²) >= 11 is 7.84. The third-order valence-electron chi connectivity index (χ3n) is 4.65. The maximum atomic E-state index is 12.9. The molecule has 1 aromatic rings. The monoisotopic (exact) mass is 403 g/mol. The minimum absolute atomic E-state index is 0. The van der Waals surface area contributed by atoms with Crippen molar-refractivity contribution >= 4 is 47.6 Å². The van der Waals surface area contributed by atoms with Gasteiger partial charge < -0.3 is 15.1 Å². The molecule has 1 unspecified atom stereocenters. The summed E-state index contributed by atoms with van der Waals surface area (Å²) in [7, 11) is 0. The molecule has 3 rings (SSSR count). The van der Waals surface area contributed by atoms with E-state index in [0.29, 0.717) is 30.2 Å². The Bertz CT molecular complexity index is 644. The number of carbonyl (C=O) groups is 2. The molecule has 2 amide bonds.